The largest absolute Gasteiger partial charge is 0.550 e. The Labute approximate surface area is 157 Å². The third kappa shape index (κ3) is 4.78. The Kier molecular flexibility index (Phi) is 6.44. The number of methoxy groups -OCH3 is 1. The van der Waals surface area contributed by atoms with Crippen molar-refractivity contribution in [2.75, 3.05) is 13.7 Å². The Morgan fingerprint density at radius 3 is 2.52 bits per heavy atom. The summed E-state index contributed by atoms with van der Waals surface area (Å²) < 4.78 is 6.95. The zero-order valence-electron chi connectivity index (χ0n) is 15.9. The summed E-state index contributed by atoms with van der Waals surface area (Å²) >= 11 is 0. The Balaban J connectivity index is 2.17. The van der Waals surface area contributed by atoms with E-state index in [9.17, 15) is 19.5 Å². The zero-order valence-corrected chi connectivity index (χ0v) is 15.9. The number of carboxylic acid groups (broad SMARTS) is 1. The summed E-state index contributed by atoms with van der Waals surface area (Å²) in [5.74, 6) is -1.55. The molecule has 2 N–H and O–H groups in total. The Morgan fingerprint density at radius 1 is 1.22 bits per heavy atom. The average Bonchev–Trinajstić information content (AvgIpc) is 2.94. The quantitative estimate of drug-likeness (QED) is 0.685. The van der Waals surface area contributed by atoms with Crippen molar-refractivity contribution >= 4 is 28.7 Å². The van der Waals surface area contributed by atoms with Crippen LogP contribution in [-0.4, -0.2) is 42.0 Å². The van der Waals surface area contributed by atoms with Crippen molar-refractivity contribution in [2.45, 2.75) is 26.3 Å². The molecule has 8 heteroatoms. The summed E-state index contributed by atoms with van der Waals surface area (Å²) in [7, 11) is 3.35. The van der Waals surface area contributed by atoms with Gasteiger partial charge in [-0.05, 0) is 30.2 Å². The lowest BCUT2D eigenvalue weighted by molar-refractivity contribution is -0.305. The molecule has 0 bridgehead atoms. The predicted octanol–water partition coefficient (Wildman–Crippen LogP) is 0.198. The molecule has 2 aromatic rings. The number of aromatic nitrogens is 1. The van der Waals surface area contributed by atoms with Crippen molar-refractivity contribution in [3.8, 4) is 5.75 Å². The van der Waals surface area contributed by atoms with Gasteiger partial charge in [-0.1, -0.05) is 13.8 Å². The summed E-state index contributed by atoms with van der Waals surface area (Å²) in [5.41, 5.74) is 1.27. The smallest absolute Gasteiger partial charge is 0.268 e. The monoisotopic (exact) mass is 374 g/mol. The van der Waals surface area contributed by atoms with Crippen molar-refractivity contribution in [1.82, 2.24) is 15.2 Å². The van der Waals surface area contributed by atoms with Crippen LogP contribution in [0.15, 0.2) is 24.3 Å². The Morgan fingerprint density at radius 2 is 1.93 bits per heavy atom. The summed E-state index contributed by atoms with van der Waals surface area (Å²) in [6.07, 6.45) is -0.282. The number of amides is 2. The molecule has 1 aromatic carbocycles. The van der Waals surface area contributed by atoms with E-state index in [1.54, 1.807) is 38.6 Å². The van der Waals surface area contributed by atoms with E-state index in [0.29, 0.717) is 11.4 Å². The molecule has 1 aromatic heterocycles. The highest BCUT2D eigenvalue weighted by Gasteiger charge is 2.25. The van der Waals surface area contributed by atoms with E-state index in [-0.39, 0.29) is 24.8 Å². The van der Waals surface area contributed by atoms with Crippen LogP contribution in [0, 0.1) is 5.92 Å². The van der Waals surface area contributed by atoms with Crippen molar-refractivity contribution in [1.29, 1.82) is 0 Å². The molecule has 2 rings (SSSR count). The van der Waals surface area contributed by atoms with Gasteiger partial charge in [0.25, 0.3) is 5.91 Å². The van der Waals surface area contributed by atoms with Crippen LogP contribution in [0.4, 0.5) is 0 Å². The number of hydrogen-bond donors (Lipinski definition) is 2. The second kappa shape index (κ2) is 8.57. The maximum absolute atomic E-state index is 12.7. The van der Waals surface area contributed by atoms with Gasteiger partial charge in [-0.3, -0.25) is 9.59 Å². The minimum absolute atomic E-state index is 0.0475. The number of carboxylic acids is 1. The first kappa shape index (κ1) is 20.3. The normalized spacial score (nSPS) is 12.0. The van der Waals surface area contributed by atoms with Crippen molar-refractivity contribution in [2.24, 2.45) is 13.0 Å². The fraction of sp³-hybridized carbons (Fsp3) is 0.421. The van der Waals surface area contributed by atoms with Crippen LogP contribution >= 0.6 is 0 Å². The summed E-state index contributed by atoms with van der Waals surface area (Å²) in [5, 5.41) is 16.6. The molecular formula is C19H24N3O5-. The van der Waals surface area contributed by atoms with Crippen molar-refractivity contribution in [3.05, 3.63) is 30.0 Å². The van der Waals surface area contributed by atoms with E-state index in [2.05, 4.69) is 10.6 Å². The van der Waals surface area contributed by atoms with Gasteiger partial charge in [0.15, 0.2) is 0 Å². The maximum atomic E-state index is 12.7. The molecular weight excluding hydrogens is 350 g/mol. The highest BCUT2D eigenvalue weighted by Crippen LogP contribution is 2.24. The molecule has 0 aliphatic carbocycles. The van der Waals surface area contributed by atoms with Crippen LogP contribution < -0.4 is 20.5 Å². The molecule has 27 heavy (non-hydrogen) atoms. The van der Waals surface area contributed by atoms with Crippen LogP contribution in [0.25, 0.3) is 10.9 Å². The lowest BCUT2D eigenvalue weighted by atomic mass is 10.0. The Hall–Kier alpha value is -3.03. The minimum Gasteiger partial charge on any atom is -0.550 e. The number of nitrogens with one attached hydrogen (secondary N) is 2. The number of rotatable bonds is 8. The number of carbonyl (C=O) groups excluding carboxylic acids is 3. The van der Waals surface area contributed by atoms with Crippen LogP contribution in [0.5, 0.6) is 5.75 Å². The van der Waals surface area contributed by atoms with Crippen LogP contribution in [-0.2, 0) is 16.6 Å². The van der Waals surface area contributed by atoms with E-state index in [0.717, 1.165) is 10.9 Å². The number of nitrogens with zero attached hydrogens (tertiary/aromatic N) is 1. The zero-order chi connectivity index (χ0) is 20.1. The van der Waals surface area contributed by atoms with E-state index in [1.165, 1.54) is 0 Å². The van der Waals surface area contributed by atoms with Gasteiger partial charge in [0.1, 0.15) is 17.5 Å². The van der Waals surface area contributed by atoms with Gasteiger partial charge in [0.05, 0.1) is 7.11 Å². The lowest BCUT2D eigenvalue weighted by Gasteiger charge is -2.22. The molecule has 2 amide bonds. The second-order valence-corrected chi connectivity index (χ2v) is 6.62. The maximum Gasteiger partial charge on any atom is 0.268 e. The number of benzene rings is 1. The molecule has 1 atom stereocenters. The fourth-order valence-corrected chi connectivity index (χ4v) is 2.82. The second-order valence-electron chi connectivity index (χ2n) is 6.62. The molecule has 0 spiro atoms. The standard InChI is InChI=1S/C19H25N3O5/c1-11(2)17(19(26)20-8-7-16(23)24)21-18(25)15-10-12-9-13(27-4)5-6-14(12)22(15)3/h5-6,9-11,17H,7-8H2,1-4H3,(H,20,26)(H,21,25)(H,23,24)/p-1/t17-/m0/s1. The van der Waals surface area contributed by atoms with Gasteiger partial charge >= 0.3 is 0 Å². The third-order valence-electron chi connectivity index (χ3n) is 4.35. The number of aliphatic carboxylic acids is 1. The summed E-state index contributed by atoms with van der Waals surface area (Å²) in [6.45, 7) is 3.55. The molecule has 0 radical (unpaired) electrons. The van der Waals surface area contributed by atoms with E-state index >= 15 is 0 Å². The number of ether oxygens (including phenoxy) is 1. The van der Waals surface area contributed by atoms with E-state index in [1.807, 2.05) is 18.2 Å². The third-order valence-corrected chi connectivity index (χ3v) is 4.35. The molecule has 0 saturated carbocycles. The van der Waals surface area contributed by atoms with Gasteiger partial charge in [-0.25, -0.2) is 0 Å². The first-order chi connectivity index (χ1) is 12.7. The molecule has 1 heterocycles. The minimum atomic E-state index is -1.24. The van der Waals surface area contributed by atoms with Crippen LogP contribution in [0.1, 0.15) is 30.8 Å². The van der Waals surface area contributed by atoms with Gasteiger partial charge in [0.2, 0.25) is 5.91 Å². The van der Waals surface area contributed by atoms with Gasteiger partial charge in [0, 0.05) is 36.9 Å². The van der Waals surface area contributed by atoms with Gasteiger partial charge < -0.3 is 29.8 Å². The number of carbonyl (C=O) groups is 3. The Bertz CT molecular complexity index is 856. The van der Waals surface area contributed by atoms with Crippen LogP contribution in [0.3, 0.4) is 0 Å². The lowest BCUT2D eigenvalue weighted by Crippen LogP contribution is -2.50. The fourth-order valence-electron chi connectivity index (χ4n) is 2.82. The number of hydrogen-bond acceptors (Lipinski definition) is 5. The molecule has 0 aliphatic heterocycles. The molecule has 0 saturated heterocycles. The predicted molar refractivity (Wildman–Crippen MR) is 98.2 cm³/mol. The molecule has 0 fully saturated rings. The van der Waals surface area contributed by atoms with Crippen LogP contribution in [0.2, 0.25) is 0 Å². The molecule has 0 aliphatic rings. The van der Waals surface area contributed by atoms with Gasteiger partial charge in [-0.2, -0.15) is 0 Å². The van der Waals surface area contributed by atoms with Crippen molar-refractivity contribution < 1.29 is 24.2 Å². The first-order valence-corrected chi connectivity index (χ1v) is 8.66. The van der Waals surface area contributed by atoms with E-state index < -0.39 is 17.9 Å². The average molecular weight is 374 g/mol. The molecule has 0 unspecified atom stereocenters. The molecule has 8 nitrogen and oxygen atoms in total. The summed E-state index contributed by atoms with van der Waals surface area (Å²) in [6, 6.07) is 6.45. The van der Waals surface area contributed by atoms with Gasteiger partial charge in [-0.15, -0.1) is 0 Å². The van der Waals surface area contributed by atoms with Crippen molar-refractivity contribution in [3.63, 3.8) is 0 Å². The SMILES string of the molecule is COc1ccc2c(c1)cc(C(=O)N[C@H](C(=O)NCCC(=O)[O-])C(C)C)n2C. The number of aryl methyl sites for hydroxylation is 1. The summed E-state index contributed by atoms with van der Waals surface area (Å²) in [4.78, 5) is 35.5. The molecule has 146 valence electrons. The first-order valence-electron chi connectivity index (χ1n) is 8.66. The highest BCUT2D eigenvalue weighted by atomic mass is 16.5. The topological polar surface area (TPSA) is 112 Å². The van der Waals surface area contributed by atoms with E-state index in [4.69, 9.17) is 4.74 Å². The highest BCUT2D eigenvalue weighted by molar-refractivity contribution is 6.01. The number of fused-ring (bicyclic) bond motifs is 1.